The maximum absolute atomic E-state index is 12.5. The summed E-state index contributed by atoms with van der Waals surface area (Å²) in [4.78, 5) is -3.08. The first-order valence-corrected chi connectivity index (χ1v) is 8.38. The van der Waals surface area contributed by atoms with Crippen LogP contribution >= 0.6 is 0 Å². The summed E-state index contributed by atoms with van der Waals surface area (Å²) in [6, 6.07) is 0.902. The molecule has 0 atom stereocenters. The van der Waals surface area contributed by atoms with E-state index < -0.39 is 46.0 Å². The molecule has 22 heavy (non-hydrogen) atoms. The highest BCUT2D eigenvalue weighted by Crippen LogP contribution is 2.36. The predicted octanol–water partition coefficient (Wildman–Crippen LogP) is 2.84. The third kappa shape index (κ3) is 3.07. The van der Waals surface area contributed by atoms with Crippen LogP contribution in [0.1, 0.15) is 12.5 Å². The summed E-state index contributed by atoms with van der Waals surface area (Å²) in [6.45, 7) is 1.27. The second-order valence-corrected chi connectivity index (χ2v) is 7.87. The van der Waals surface area contributed by atoms with Gasteiger partial charge < -0.3 is 0 Å². The largest absolute Gasteiger partial charge is 0.501 e. The maximum atomic E-state index is 12.5. The van der Waals surface area contributed by atoms with E-state index in [0.29, 0.717) is 12.1 Å². The molecule has 0 unspecified atom stereocenters. The maximum Gasteiger partial charge on any atom is 0.501 e. The minimum Gasteiger partial charge on any atom is -0.214 e. The number of halogens is 6. The van der Waals surface area contributed by atoms with Crippen LogP contribution in [0.5, 0.6) is 0 Å². The van der Waals surface area contributed by atoms with Gasteiger partial charge in [-0.05, 0) is 24.1 Å². The molecule has 4 nitrogen and oxygen atoms in total. The predicted molar refractivity (Wildman–Crippen MR) is 62.3 cm³/mol. The lowest BCUT2D eigenvalue weighted by Crippen LogP contribution is -2.26. The van der Waals surface area contributed by atoms with Crippen molar-refractivity contribution in [1.29, 1.82) is 0 Å². The summed E-state index contributed by atoms with van der Waals surface area (Å²) < 4.78 is 120. The SMILES string of the molecule is CCc1ccc(S(=O)(=O)C(F)(F)F)cc1S(=O)(=O)C(F)(F)F. The van der Waals surface area contributed by atoms with Crippen molar-refractivity contribution in [3.8, 4) is 0 Å². The molecule has 0 saturated carbocycles. The minimum absolute atomic E-state index is 0.121. The lowest BCUT2D eigenvalue weighted by molar-refractivity contribution is -0.0438. The van der Waals surface area contributed by atoms with Crippen LogP contribution in [-0.2, 0) is 26.1 Å². The Bertz CT molecular complexity index is 775. The number of hydrogen-bond acceptors (Lipinski definition) is 4. The number of aryl methyl sites for hydroxylation is 1. The van der Waals surface area contributed by atoms with E-state index in [9.17, 15) is 43.2 Å². The van der Waals surface area contributed by atoms with Crippen molar-refractivity contribution >= 4 is 19.7 Å². The summed E-state index contributed by atoms with van der Waals surface area (Å²) in [6.07, 6.45) is -0.253. The van der Waals surface area contributed by atoms with Crippen LogP contribution < -0.4 is 0 Å². The van der Waals surface area contributed by atoms with Crippen molar-refractivity contribution in [3.05, 3.63) is 23.8 Å². The van der Waals surface area contributed by atoms with Crippen LogP contribution in [0.25, 0.3) is 0 Å². The summed E-state index contributed by atoms with van der Waals surface area (Å²) in [5.41, 5.74) is -12.0. The number of sulfone groups is 2. The van der Waals surface area contributed by atoms with E-state index in [1.807, 2.05) is 0 Å². The Labute approximate surface area is 121 Å². The molecule has 0 aliphatic heterocycles. The van der Waals surface area contributed by atoms with Crippen molar-refractivity contribution in [2.45, 2.75) is 34.2 Å². The minimum atomic E-state index is -5.98. The van der Waals surface area contributed by atoms with Gasteiger partial charge in [0.25, 0.3) is 19.7 Å². The zero-order valence-corrected chi connectivity index (χ0v) is 12.3. The second-order valence-electron chi connectivity index (χ2n) is 4.02. The molecule has 126 valence electrons. The third-order valence-corrected chi connectivity index (χ3v) is 5.68. The Hall–Kier alpha value is -1.30. The monoisotopic (exact) mass is 370 g/mol. The third-order valence-electron chi connectivity index (χ3n) is 2.63. The van der Waals surface area contributed by atoms with Gasteiger partial charge in [0.1, 0.15) is 0 Å². The molecule has 12 heteroatoms. The van der Waals surface area contributed by atoms with Crippen LogP contribution in [0.3, 0.4) is 0 Å². The zero-order chi connectivity index (χ0) is 17.6. The van der Waals surface area contributed by atoms with E-state index >= 15 is 0 Å². The van der Waals surface area contributed by atoms with Crippen molar-refractivity contribution in [3.63, 3.8) is 0 Å². The lowest BCUT2D eigenvalue weighted by Gasteiger charge is -2.14. The van der Waals surface area contributed by atoms with Crippen LogP contribution in [0, 0.1) is 0 Å². The van der Waals surface area contributed by atoms with E-state index in [2.05, 4.69) is 0 Å². The summed E-state index contributed by atoms with van der Waals surface area (Å²) in [7, 11) is -11.9. The first-order chi connectivity index (χ1) is 9.66. The number of rotatable bonds is 3. The lowest BCUT2D eigenvalue weighted by atomic mass is 10.2. The molecule has 0 spiro atoms. The number of benzene rings is 1. The molecule has 0 bridgehead atoms. The van der Waals surface area contributed by atoms with Gasteiger partial charge >= 0.3 is 11.0 Å². The average Bonchev–Trinajstić information content (AvgIpc) is 2.35. The molecule has 0 saturated heterocycles. The fourth-order valence-electron chi connectivity index (χ4n) is 1.50. The summed E-state index contributed by atoms with van der Waals surface area (Å²) >= 11 is 0. The van der Waals surface area contributed by atoms with Gasteiger partial charge in [-0.15, -0.1) is 0 Å². The Kier molecular flexibility index (Phi) is 4.61. The van der Waals surface area contributed by atoms with Gasteiger partial charge in [0.15, 0.2) is 0 Å². The Balaban J connectivity index is 3.73. The van der Waals surface area contributed by atoms with Gasteiger partial charge in [0, 0.05) is 0 Å². The molecule has 0 aliphatic carbocycles. The van der Waals surface area contributed by atoms with Gasteiger partial charge in [-0.2, -0.15) is 26.3 Å². The summed E-state index contributed by atoms with van der Waals surface area (Å²) in [5, 5.41) is 0. The zero-order valence-electron chi connectivity index (χ0n) is 10.7. The van der Waals surface area contributed by atoms with E-state index in [-0.39, 0.29) is 12.5 Å². The molecular weight excluding hydrogens is 362 g/mol. The highest BCUT2D eigenvalue weighted by Gasteiger charge is 2.50. The highest BCUT2D eigenvalue weighted by atomic mass is 32.2. The van der Waals surface area contributed by atoms with Crippen molar-refractivity contribution in [2.75, 3.05) is 0 Å². The van der Waals surface area contributed by atoms with Crippen LogP contribution in [-0.4, -0.2) is 27.9 Å². The Morgan fingerprint density at radius 1 is 0.864 bits per heavy atom. The molecule has 0 radical (unpaired) electrons. The van der Waals surface area contributed by atoms with Crippen LogP contribution in [0.4, 0.5) is 26.3 Å². The van der Waals surface area contributed by atoms with Gasteiger partial charge in [-0.3, -0.25) is 0 Å². The second kappa shape index (κ2) is 5.41. The molecule has 1 aromatic rings. The van der Waals surface area contributed by atoms with Gasteiger partial charge in [0.05, 0.1) is 9.79 Å². The van der Waals surface area contributed by atoms with Crippen LogP contribution in [0.15, 0.2) is 28.0 Å². The molecule has 0 amide bonds. The topological polar surface area (TPSA) is 68.3 Å². The molecule has 1 aromatic carbocycles. The van der Waals surface area contributed by atoms with Crippen molar-refractivity contribution in [2.24, 2.45) is 0 Å². The summed E-state index contributed by atoms with van der Waals surface area (Å²) in [5.74, 6) is 0. The fraction of sp³-hybridized carbons (Fsp3) is 0.400. The van der Waals surface area contributed by atoms with E-state index in [4.69, 9.17) is 0 Å². The normalized spacial score (nSPS) is 14.1. The first kappa shape index (κ1) is 18.7. The Morgan fingerprint density at radius 3 is 1.68 bits per heavy atom. The van der Waals surface area contributed by atoms with Crippen molar-refractivity contribution < 1.29 is 43.2 Å². The molecule has 0 aromatic heterocycles. The number of hydrogen-bond donors (Lipinski definition) is 0. The molecule has 0 aliphatic rings. The van der Waals surface area contributed by atoms with Gasteiger partial charge in [-0.25, -0.2) is 16.8 Å². The quantitative estimate of drug-likeness (QED) is 0.768. The molecular formula is C10H8F6O4S2. The molecule has 1 rings (SSSR count). The first-order valence-electron chi connectivity index (χ1n) is 5.42. The fourth-order valence-corrected chi connectivity index (χ4v) is 3.45. The average molecular weight is 370 g/mol. The highest BCUT2D eigenvalue weighted by molar-refractivity contribution is 7.93. The van der Waals surface area contributed by atoms with E-state index in [0.717, 1.165) is 0 Å². The molecule has 0 N–H and O–H groups in total. The standard InChI is InChI=1S/C10H8F6O4S2/c1-2-6-3-4-7(21(17,18)9(11,12)13)5-8(6)22(19,20)10(14,15)16/h3-5H,2H2,1H3. The number of alkyl halides is 6. The molecule has 0 heterocycles. The van der Waals surface area contributed by atoms with Crippen LogP contribution in [0.2, 0.25) is 0 Å². The van der Waals surface area contributed by atoms with Gasteiger partial charge in [0.2, 0.25) is 0 Å². The smallest absolute Gasteiger partial charge is 0.214 e. The Morgan fingerprint density at radius 2 is 1.32 bits per heavy atom. The van der Waals surface area contributed by atoms with Crippen molar-refractivity contribution in [1.82, 2.24) is 0 Å². The van der Waals surface area contributed by atoms with E-state index in [1.54, 1.807) is 0 Å². The molecule has 0 fully saturated rings. The van der Waals surface area contributed by atoms with Gasteiger partial charge in [-0.1, -0.05) is 13.0 Å². The van der Waals surface area contributed by atoms with E-state index in [1.165, 1.54) is 6.92 Å².